The maximum Gasteiger partial charge on any atom is 0.312 e. The van der Waals surface area contributed by atoms with Gasteiger partial charge in [0, 0.05) is 32.4 Å². The number of hydrogen-bond donors (Lipinski definition) is 2. The molecule has 0 bridgehead atoms. The van der Waals surface area contributed by atoms with Gasteiger partial charge in [-0.15, -0.1) is 0 Å². The van der Waals surface area contributed by atoms with Crippen LogP contribution in [0.2, 0.25) is 0 Å². The zero-order chi connectivity index (χ0) is 26.6. The van der Waals surface area contributed by atoms with Crippen LogP contribution in [0.15, 0.2) is 34.1 Å². The molecule has 0 radical (unpaired) electrons. The standard InChI is InChI=1S/C28H38O4S3/c1-17-13-21(31-25(29)9-11-33)19(27(3,4)5)15-23(17)35-24-16-20(28(6,7)8)22(14-18(24)2)32-26(30)10-12-34/h13-16,33-34H,9-12H2,1-8H3. The van der Waals surface area contributed by atoms with E-state index in [-0.39, 0.29) is 35.6 Å². The third-order valence-electron chi connectivity index (χ3n) is 5.47. The van der Waals surface area contributed by atoms with Crippen LogP contribution in [0.1, 0.15) is 76.6 Å². The normalized spacial score (nSPS) is 11.9. The van der Waals surface area contributed by atoms with Crippen LogP contribution in [-0.2, 0) is 20.4 Å². The molecule has 2 aromatic carbocycles. The lowest BCUT2D eigenvalue weighted by atomic mass is 9.85. The molecule has 2 rings (SSSR count). The van der Waals surface area contributed by atoms with E-state index in [1.165, 1.54) is 0 Å². The van der Waals surface area contributed by atoms with Crippen LogP contribution in [-0.4, -0.2) is 23.4 Å². The summed E-state index contributed by atoms with van der Waals surface area (Å²) in [7, 11) is 0. The lowest BCUT2D eigenvalue weighted by molar-refractivity contribution is -0.134. The SMILES string of the molecule is Cc1cc(OC(=O)CCS)c(C(C)(C)C)cc1Sc1cc(C(C)(C)C)c(OC(=O)CCS)cc1C. The van der Waals surface area contributed by atoms with E-state index < -0.39 is 0 Å². The van der Waals surface area contributed by atoms with E-state index in [9.17, 15) is 9.59 Å². The first-order chi connectivity index (χ1) is 16.2. The third kappa shape index (κ3) is 8.22. The predicted molar refractivity (Wildman–Crippen MR) is 152 cm³/mol. The summed E-state index contributed by atoms with van der Waals surface area (Å²) in [6.07, 6.45) is 0.532. The fourth-order valence-corrected chi connectivity index (χ4v) is 4.93. The number of carbonyl (C=O) groups is 2. The topological polar surface area (TPSA) is 52.6 Å². The van der Waals surface area contributed by atoms with E-state index in [0.29, 0.717) is 23.0 Å². The van der Waals surface area contributed by atoms with E-state index in [2.05, 4.69) is 78.9 Å². The van der Waals surface area contributed by atoms with Crippen molar-refractivity contribution in [1.29, 1.82) is 0 Å². The lowest BCUT2D eigenvalue weighted by Gasteiger charge is -2.26. The highest BCUT2D eigenvalue weighted by Crippen LogP contribution is 2.43. The molecule has 0 aromatic heterocycles. The highest BCUT2D eigenvalue weighted by molar-refractivity contribution is 7.99. The summed E-state index contributed by atoms with van der Waals surface area (Å²) in [4.78, 5) is 26.6. The summed E-state index contributed by atoms with van der Waals surface area (Å²) < 4.78 is 11.4. The van der Waals surface area contributed by atoms with Crippen molar-refractivity contribution in [1.82, 2.24) is 0 Å². The van der Waals surface area contributed by atoms with Gasteiger partial charge in [-0.05, 0) is 60.1 Å². The van der Waals surface area contributed by atoms with Crippen molar-refractivity contribution in [2.75, 3.05) is 11.5 Å². The van der Waals surface area contributed by atoms with Gasteiger partial charge in [-0.25, -0.2) is 0 Å². The van der Waals surface area contributed by atoms with Gasteiger partial charge in [0.25, 0.3) is 0 Å². The Bertz CT molecular complexity index is 994. The van der Waals surface area contributed by atoms with Crippen molar-refractivity contribution >= 4 is 49.0 Å². The van der Waals surface area contributed by atoms with Crippen LogP contribution >= 0.6 is 37.0 Å². The largest absolute Gasteiger partial charge is 0.426 e. The van der Waals surface area contributed by atoms with Gasteiger partial charge in [0.2, 0.25) is 0 Å². The van der Waals surface area contributed by atoms with Crippen LogP contribution in [0.3, 0.4) is 0 Å². The number of rotatable bonds is 8. The van der Waals surface area contributed by atoms with Gasteiger partial charge in [-0.1, -0.05) is 53.3 Å². The molecular formula is C28H38O4S3. The molecule has 0 aliphatic rings. The summed E-state index contributed by atoms with van der Waals surface area (Å²) in [5.41, 5.74) is 3.58. The second-order valence-corrected chi connectivity index (χ2v) is 12.7. The van der Waals surface area contributed by atoms with Crippen molar-refractivity contribution in [3.8, 4) is 11.5 Å². The molecule has 0 N–H and O–H groups in total. The van der Waals surface area contributed by atoms with Gasteiger partial charge < -0.3 is 9.47 Å². The average molecular weight is 535 g/mol. The molecule has 0 aliphatic carbocycles. The third-order valence-corrected chi connectivity index (χ3v) is 7.24. The maximum absolute atomic E-state index is 12.2. The fraction of sp³-hybridized carbons (Fsp3) is 0.500. The quantitative estimate of drug-likeness (QED) is 0.209. The van der Waals surface area contributed by atoms with Crippen LogP contribution in [0.25, 0.3) is 0 Å². The minimum atomic E-state index is -0.279. The maximum atomic E-state index is 12.2. The van der Waals surface area contributed by atoms with Crippen LogP contribution in [0.5, 0.6) is 11.5 Å². The van der Waals surface area contributed by atoms with Gasteiger partial charge in [0.1, 0.15) is 11.5 Å². The van der Waals surface area contributed by atoms with Crippen molar-refractivity contribution in [3.63, 3.8) is 0 Å². The smallest absolute Gasteiger partial charge is 0.312 e. The highest BCUT2D eigenvalue weighted by Gasteiger charge is 2.25. The monoisotopic (exact) mass is 534 g/mol. The molecule has 0 amide bonds. The van der Waals surface area contributed by atoms with Crippen LogP contribution in [0.4, 0.5) is 0 Å². The number of ether oxygens (including phenoxy) is 2. The molecule has 4 nitrogen and oxygen atoms in total. The number of benzene rings is 2. The number of esters is 2. The number of carbonyl (C=O) groups excluding carboxylic acids is 2. The first kappa shape index (κ1) is 29.7. The lowest BCUT2D eigenvalue weighted by Crippen LogP contribution is -2.17. The van der Waals surface area contributed by atoms with Crippen molar-refractivity contribution in [2.24, 2.45) is 0 Å². The molecule has 0 atom stereocenters. The van der Waals surface area contributed by atoms with Gasteiger partial charge in [0.05, 0.1) is 12.8 Å². The molecule has 7 heteroatoms. The molecule has 0 saturated heterocycles. The highest BCUT2D eigenvalue weighted by atomic mass is 32.2. The Balaban J connectivity index is 2.53. The first-order valence-corrected chi connectivity index (χ1v) is 13.9. The minimum Gasteiger partial charge on any atom is -0.426 e. The van der Waals surface area contributed by atoms with Gasteiger partial charge in [-0.3, -0.25) is 9.59 Å². The van der Waals surface area contributed by atoms with Gasteiger partial charge in [0.15, 0.2) is 0 Å². The van der Waals surface area contributed by atoms with Gasteiger partial charge >= 0.3 is 11.9 Å². The zero-order valence-corrected chi connectivity index (χ0v) is 24.7. The Hall–Kier alpha value is -1.57. The molecule has 0 unspecified atom stereocenters. The van der Waals surface area contributed by atoms with E-state index in [1.54, 1.807) is 11.8 Å². The Kier molecular flexibility index (Phi) is 10.3. The van der Waals surface area contributed by atoms with E-state index in [4.69, 9.17) is 9.47 Å². The van der Waals surface area contributed by atoms with Crippen molar-refractivity contribution in [2.45, 2.75) is 88.9 Å². The predicted octanol–water partition coefficient (Wildman–Crippen LogP) is 7.50. The molecule has 0 fully saturated rings. The van der Waals surface area contributed by atoms with E-state index in [0.717, 1.165) is 32.0 Å². The average Bonchev–Trinajstić information content (AvgIpc) is 2.70. The Morgan fingerprint density at radius 3 is 1.34 bits per heavy atom. The second-order valence-electron chi connectivity index (χ2n) is 10.7. The van der Waals surface area contributed by atoms with E-state index in [1.807, 2.05) is 26.0 Å². The molecule has 0 spiro atoms. The zero-order valence-electron chi connectivity index (χ0n) is 22.1. The summed E-state index contributed by atoms with van der Waals surface area (Å²) in [5.74, 6) is 1.55. The Morgan fingerprint density at radius 1 is 0.714 bits per heavy atom. The molecular weight excluding hydrogens is 497 g/mol. The Labute approximate surface area is 225 Å². The molecule has 192 valence electrons. The number of aryl methyl sites for hydroxylation is 2. The summed E-state index contributed by atoms with van der Waals surface area (Å²) in [6, 6.07) is 8.15. The van der Waals surface area contributed by atoms with E-state index >= 15 is 0 Å². The molecule has 0 aliphatic heterocycles. The summed E-state index contributed by atoms with van der Waals surface area (Å²) >= 11 is 9.95. The first-order valence-electron chi connectivity index (χ1n) is 11.8. The molecule has 0 heterocycles. The van der Waals surface area contributed by atoms with Crippen LogP contribution in [0, 0.1) is 13.8 Å². The summed E-state index contributed by atoms with van der Waals surface area (Å²) in [6.45, 7) is 16.7. The summed E-state index contributed by atoms with van der Waals surface area (Å²) in [5, 5.41) is 0. The fourth-order valence-electron chi connectivity index (χ4n) is 3.53. The number of thiol groups is 2. The van der Waals surface area contributed by atoms with Crippen molar-refractivity contribution in [3.05, 3.63) is 46.5 Å². The van der Waals surface area contributed by atoms with Crippen molar-refractivity contribution < 1.29 is 19.1 Å². The molecule has 0 saturated carbocycles. The number of hydrogen-bond acceptors (Lipinski definition) is 7. The Morgan fingerprint density at radius 2 is 1.06 bits per heavy atom. The van der Waals surface area contributed by atoms with Crippen LogP contribution < -0.4 is 9.47 Å². The minimum absolute atomic E-state index is 0.212. The molecule has 2 aromatic rings. The van der Waals surface area contributed by atoms with Gasteiger partial charge in [-0.2, -0.15) is 25.3 Å². The second kappa shape index (κ2) is 12.1. The molecule has 35 heavy (non-hydrogen) atoms.